The van der Waals surface area contributed by atoms with Crippen LogP contribution in [0.5, 0.6) is 5.88 Å². The second kappa shape index (κ2) is 7.78. The maximum absolute atomic E-state index is 13.0. The molecule has 0 spiro atoms. The Labute approximate surface area is 165 Å². The minimum atomic E-state index is -0.702. The third-order valence-electron chi connectivity index (χ3n) is 4.55. The van der Waals surface area contributed by atoms with Gasteiger partial charge in [-0.25, -0.2) is 0 Å². The quantitative estimate of drug-likeness (QED) is 0.406. The highest BCUT2D eigenvalue weighted by Gasteiger charge is 2.25. The van der Waals surface area contributed by atoms with Gasteiger partial charge >= 0.3 is 0 Å². The lowest BCUT2D eigenvalue weighted by Crippen LogP contribution is -2.27. The number of carbonyl (C=O) groups excluding carboxylic acids is 1. The Hall–Kier alpha value is -4.25. The predicted octanol–water partition coefficient (Wildman–Crippen LogP) is 2.92. The number of rotatable bonds is 5. The number of hydrogen-bond acceptors (Lipinski definition) is 6. The first kappa shape index (κ1) is 19.5. The average molecular weight is 389 g/mol. The first-order valence-electron chi connectivity index (χ1n) is 8.54. The van der Waals surface area contributed by atoms with E-state index in [9.17, 15) is 30.1 Å². The van der Waals surface area contributed by atoms with Crippen molar-refractivity contribution >= 4 is 11.5 Å². The predicted molar refractivity (Wildman–Crippen MR) is 104 cm³/mol. The standard InChI is InChI=1S/C21H15N3O5/c1-13-17(11-22)20(26)23(12-14-5-3-2-4-6-14)21(27)18(13)19(25)15-7-9-16(10-8-15)24(28)29/h2-10,27H,12H2,1H3. The number of non-ortho nitro benzene ring substituents is 1. The second-order valence-corrected chi connectivity index (χ2v) is 6.32. The summed E-state index contributed by atoms with van der Waals surface area (Å²) in [5.74, 6) is -1.20. The molecule has 1 aromatic heterocycles. The van der Waals surface area contributed by atoms with Gasteiger partial charge in [0.1, 0.15) is 11.6 Å². The Balaban J connectivity index is 2.16. The number of ketones is 1. The van der Waals surface area contributed by atoms with Crippen LogP contribution in [-0.4, -0.2) is 20.4 Å². The summed E-state index contributed by atoms with van der Waals surface area (Å²) in [5.41, 5.74) is -0.479. The van der Waals surface area contributed by atoms with Crippen LogP contribution in [0.25, 0.3) is 0 Å². The topological polar surface area (TPSA) is 126 Å². The van der Waals surface area contributed by atoms with Gasteiger partial charge in [-0.05, 0) is 30.2 Å². The van der Waals surface area contributed by atoms with E-state index in [1.165, 1.54) is 31.2 Å². The molecule has 1 heterocycles. The number of nitrogens with zero attached hydrogens (tertiary/aromatic N) is 3. The van der Waals surface area contributed by atoms with E-state index in [0.29, 0.717) is 5.56 Å². The number of nitriles is 1. The van der Waals surface area contributed by atoms with E-state index in [1.807, 2.05) is 0 Å². The van der Waals surface area contributed by atoms with Crippen molar-refractivity contribution in [3.63, 3.8) is 0 Å². The van der Waals surface area contributed by atoms with Crippen LogP contribution in [0.2, 0.25) is 0 Å². The summed E-state index contributed by atoms with van der Waals surface area (Å²) < 4.78 is 0.972. The van der Waals surface area contributed by atoms with Gasteiger partial charge in [0.15, 0.2) is 5.78 Å². The minimum Gasteiger partial charge on any atom is -0.494 e. The number of hydrogen-bond donors (Lipinski definition) is 1. The SMILES string of the molecule is Cc1c(C(=O)c2ccc([N+](=O)[O-])cc2)c(O)n(Cc2ccccc2)c(=O)c1C#N. The molecule has 3 aromatic rings. The number of aromatic hydroxyl groups is 1. The minimum absolute atomic E-state index is 0.0268. The largest absolute Gasteiger partial charge is 0.494 e. The third-order valence-corrected chi connectivity index (χ3v) is 4.55. The van der Waals surface area contributed by atoms with Crippen molar-refractivity contribution in [3.8, 4) is 11.9 Å². The molecule has 0 radical (unpaired) electrons. The lowest BCUT2D eigenvalue weighted by Gasteiger charge is -2.15. The fourth-order valence-corrected chi connectivity index (χ4v) is 3.01. The molecule has 0 atom stereocenters. The van der Waals surface area contributed by atoms with Crippen LogP contribution in [0, 0.1) is 28.4 Å². The van der Waals surface area contributed by atoms with Gasteiger partial charge in [0, 0.05) is 17.7 Å². The van der Waals surface area contributed by atoms with E-state index in [0.717, 1.165) is 4.57 Å². The Morgan fingerprint density at radius 2 is 1.79 bits per heavy atom. The molecule has 0 aliphatic heterocycles. The molecule has 2 aromatic carbocycles. The molecule has 0 aliphatic rings. The van der Waals surface area contributed by atoms with Gasteiger partial charge < -0.3 is 5.11 Å². The molecule has 0 saturated carbocycles. The smallest absolute Gasteiger partial charge is 0.271 e. The summed E-state index contributed by atoms with van der Waals surface area (Å²) in [6.45, 7) is 1.38. The van der Waals surface area contributed by atoms with Crippen molar-refractivity contribution in [2.45, 2.75) is 13.5 Å². The summed E-state index contributed by atoms with van der Waals surface area (Å²) in [5, 5.41) is 31.0. The lowest BCUT2D eigenvalue weighted by molar-refractivity contribution is -0.384. The highest BCUT2D eigenvalue weighted by Crippen LogP contribution is 2.26. The van der Waals surface area contributed by atoms with E-state index < -0.39 is 22.1 Å². The Morgan fingerprint density at radius 1 is 1.17 bits per heavy atom. The van der Waals surface area contributed by atoms with Gasteiger partial charge in [-0.15, -0.1) is 0 Å². The molecule has 0 fully saturated rings. The van der Waals surface area contributed by atoms with Gasteiger partial charge in [0.05, 0.1) is 17.0 Å². The molecule has 1 N–H and O–H groups in total. The highest BCUT2D eigenvalue weighted by atomic mass is 16.6. The molecule has 29 heavy (non-hydrogen) atoms. The molecule has 0 unspecified atom stereocenters. The van der Waals surface area contributed by atoms with Crippen molar-refractivity contribution in [3.05, 3.63) is 103 Å². The maximum atomic E-state index is 13.0. The van der Waals surface area contributed by atoms with Gasteiger partial charge in [-0.3, -0.25) is 24.3 Å². The molecule has 8 heteroatoms. The lowest BCUT2D eigenvalue weighted by atomic mass is 9.97. The fourth-order valence-electron chi connectivity index (χ4n) is 3.01. The van der Waals surface area contributed by atoms with Crippen LogP contribution >= 0.6 is 0 Å². The van der Waals surface area contributed by atoms with Crippen LogP contribution in [0.4, 0.5) is 5.69 Å². The first-order chi connectivity index (χ1) is 13.8. The highest BCUT2D eigenvalue weighted by molar-refractivity contribution is 6.11. The number of nitro benzene ring substituents is 1. The van der Waals surface area contributed by atoms with Gasteiger partial charge in [0.25, 0.3) is 11.2 Å². The molecule has 0 aliphatic carbocycles. The van der Waals surface area contributed by atoms with Crippen LogP contribution in [0.15, 0.2) is 59.4 Å². The van der Waals surface area contributed by atoms with Crippen LogP contribution in [0.3, 0.4) is 0 Å². The molecule has 144 valence electrons. The zero-order chi connectivity index (χ0) is 21.1. The van der Waals surface area contributed by atoms with Crippen molar-refractivity contribution in [1.29, 1.82) is 5.26 Å². The summed E-state index contributed by atoms with van der Waals surface area (Å²) in [4.78, 5) is 35.9. The third kappa shape index (κ3) is 3.61. The molecule has 3 rings (SSSR count). The van der Waals surface area contributed by atoms with E-state index in [-0.39, 0.29) is 34.5 Å². The maximum Gasteiger partial charge on any atom is 0.271 e. The van der Waals surface area contributed by atoms with E-state index in [4.69, 9.17) is 0 Å². The Bertz CT molecular complexity index is 1210. The normalized spacial score (nSPS) is 10.3. The summed E-state index contributed by atoms with van der Waals surface area (Å²) in [6, 6.07) is 15.5. The number of nitro groups is 1. The summed E-state index contributed by atoms with van der Waals surface area (Å²) in [7, 11) is 0. The van der Waals surface area contributed by atoms with Crippen molar-refractivity contribution in [2.75, 3.05) is 0 Å². The van der Waals surface area contributed by atoms with Crippen LogP contribution < -0.4 is 5.56 Å². The van der Waals surface area contributed by atoms with Crippen molar-refractivity contribution in [2.24, 2.45) is 0 Å². The van der Waals surface area contributed by atoms with E-state index in [1.54, 1.807) is 36.4 Å². The van der Waals surface area contributed by atoms with Crippen molar-refractivity contribution < 1.29 is 14.8 Å². The number of carbonyl (C=O) groups is 1. The molecule has 0 bridgehead atoms. The zero-order valence-corrected chi connectivity index (χ0v) is 15.3. The Kier molecular flexibility index (Phi) is 5.23. The molecule has 0 amide bonds. The second-order valence-electron chi connectivity index (χ2n) is 6.32. The molecular weight excluding hydrogens is 374 g/mol. The summed E-state index contributed by atoms with van der Waals surface area (Å²) >= 11 is 0. The van der Waals surface area contributed by atoms with E-state index >= 15 is 0 Å². The van der Waals surface area contributed by atoms with Crippen molar-refractivity contribution in [1.82, 2.24) is 4.57 Å². The molecule has 0 saturated heterocycles. The van der Waals surface area contributed by atoms with Gasteiger partial charge in [-0.1, -0.05) is 30.3 Å². The average Bonchev–Trinajstić information content (AvgIpc) is 2.72. The fraction of sp³-hybridized carbons (Fsp3) is 0.0952. The first-order valence-corrected chi connectivity index (χ1v) is 8.54. The van der Waals surface area contributed by atoms with Gasteiger partial charge in [0.2, 0.25) is 5.88 Å². The number of aromatic nitrogens is 1. The molecular formula is C21H15N3O5. The number of benzene rings is 2. The van der Waals surface area contributed by atoms with Crippen LogP contribution in [-0.2, 0) is 6.54 Å². The monoisotopic (exact) mass is 389 g/mol. The molecule has 8 nitrogen and oxygen atoms in total. The summed E-state index contributed by atoms with van der Waals surface area (Å²) in [6.07, 6.45) is 0. The number of pyridine rings is 1. The van der Waals surface area contributed by atoms with Crippen LogP contribution in [0.1, 0.15) is 32.6 Å². The zero-order valence-electron chi connectivity index (χ0n) is 15.3. The van der Waals surface area contributed by atoms with Gasteiger partial charge in [-0.2, -0.15) is 5.26 Å². The Morgan fingerprint density at radius 3 is 2.34 bits per heavy atom. The van der Waals surface area contributed by atoms with E-state index in [2.05, 4.69) is 0 Å².